The zero-order valence-electron chi connectivity index (χ0n) is 8.63. The van der Waals surface area contributed by atoms with Gasteiger partial charge in [0.15, 0.2) is 0 Å². The number of aromatic amines is 1. The first-order valence-corrected chi connectivity index (χ1v) is 4.56. The molecule has 17 heavy (non-hydrogen) atoms. The fraction of sp³-hybridized carbons (Fsp3) is 0.200. The van der Waals surface area contributed by atoms with E-state index in [1.165, 1.54) is 0 Å². The van der Waals surface area contributed by atoms with Crippen LogP contribution in [0.5, 0.6) is 0 Å². The van der Waals surface area contributed by atoms with Crippen LogP contribution in [0.25, 0.3) is 11.0 Å². The molecule has 0 atom stereocenters. The summed E-state index contributed by atoms with van der Waals surface area (Å²) in [6, 6.07) is 1.94. The van der Waals surface area contributed by atoms with Crippen LogP contribution in [-0.2, 0) is 10.9 Å². The highest BCUT2D eigenvalue weighted by molar-refractivity contribution is 5.94. The van der Waals surface area contributed by atoms with Crippen LogP contribution in [0.4, 0.5) is 13.2 Å². The highest BCUT2D eigenvalue weighted by atomic mass is 19.4. The van der Waals surface area contributed by atoms with Crippen LogP contribution >= 0.6 is 0 Å². The fourth-order valence-corrected chi connectivity index (χ4v) is 1.49. The lowest BCUT2D eigenvalue weighted by atomic mass is 10.2. The van der Waals surface area contributed by atoms with Crippen molar-refractivity contribution in [2.24, 2.45) is 0 Å². The Balaban J connectivity index is 2.65. The molecule has 0 aliphatic carbocycles. The number of hydrogen-bond donors (Lipinski definition) is 1. The molecule has 0 saturated heterocycles. The maximum absolute atomic E-state index is 12.7. The second kappa shape index (κ2) is 3.76. The molecule has 0 radical (unpaired) electrons. The first-order valence-electron chi connectivity index (χ1n) is 4.56. The summed E-state index contributed by atoms with van der Waals surface area (Å²) in [5, 5.41) is -0.152. The van der Waals surface area contributed by atoms with Crippen LogP contribution in [0.1, 0.15) is 16.1 Å². The van der Waals surface area contributed by atoms with Gasteiger partial charge in [-0.15, -0.1) is 0 Å². The van der Waals surface area contributed by atoms with Crippen LogP contribution in [0.15, 0.2) is 18.3 Å². The Morgan fingerprint density at radius 2 is 2.18 bits per heavy atom. The van der Waals surface area contributed by atoms with E-state index in [0.717, 1.165) is 25.4 Å². The van der Waals surface area contributed by atoms with Crippen molar-refractivity contribution >= 4 is 17.0 Å². The van der Waals surface area contributed by atoms with Crippen molar-refractivity contribution in [1.29, 1.82) is 0 Å². The fourth-order valence-electron chi connectivity index (χ4n) is 1.49. The number of fused-ring (bicyclic) bond motifs is 1. The number of nitrogens with zero attached hydrogens (tertiary/aromatic N) is 1. The van der Waals surface area contributed by atoms with Gasteiger partial charge in [0.05, 0.1) is 12.7 Å². The number of H-pyrrole nitrogens is 1. The van der Waals surface area contributed by atoms with Crippen molar-refractivity contribution in [3.05, 3.63) is 29.6 Å². The number of alkyl halides is 3. The summed E-state index contributed by atoms with van der Waals surface area (Å²) in [6.07, 6.45) is -3.46. The number of rotatable bonds is 1. The summed E-state index contributed by atoms with van der Waals surface area (Å²) >= 11 is 0. The average Bonchev–Trinajstić information content (AvgIpc) is 2.69. The van der Waals surface area contributed by atoms with Crippen LogP contribution in [-0.4, -0.2) is 23.0 Å². The molecule has 4 nitrogen and oxygen atoms in total. The topological polar surface area (TPSA) is 55.0 Å². The first kappa shape index (κ1) is 11.4. The van der Waals surface area contributed by atoms with Crippen molar-refractivity contribution in [2.45, 2.75) is 6.18 Å². The van der Waals surface area contributed by atoms with E-state index in [0.29, 0.717) is 0 Å². The first-order chi connectivity index (χ1) is 7.93. The highest BCUT2D eigenvalue weighted by Gasteiger charge is 2.33. The van der Waals surface area contributed by atoms with Crippen LogP contribution in [0, 0.1) is 0 Å². The summed E-state index contributed by atoms with van der Waals surface area (Å²) in [5.74, 6) is -0.740. The maximum Gasteiger partial charge on any atom is 0.417 e. The van der Waals surface area contributed by atoms with Crippen molar-refractivity contribution in [1.82, 2.24) is 9.97 Å². The Labute approximate surface area is 93.4 Å². The molecule has 0 amide bonds. The smallest absolute Gasteiger partial charge is 0.417 e. The molecule has 0 bridgehead atoms. The lowest BCUT2D eigenvalue weighted by Crippen LogP contribution is -2.05. The van der Waals surface area contributed by atoms with Gasteiger partial charge in [-0.1, -0.05) is 0 Å². The predicted molar refractivity (Wildman–Crippen MR) is 52.4 cm³/mol. The molecular weight excluding hydrogens is 237 g/mol. The lowest BCUT2D eigenvalue weighted by Gasteiger charge is -2.06. The third-order valence-electron chi connectivity index (χ3n) is 2.24. The van der Waals surface area contributed by atoms with Crippen LogP contribution in [0.3, 0.4) is 0 Å². The minimum absolute atomic E-state index is 0.000208. The van der Waals surface area contributed by atoms with E-state index in [1.54, 1.807) is 0 Å². The second-order valence-corrected chi connectivity index (χ2v) is 3.29. The molecule has 0 unspecified atom stereocenters. The van der Waals surface area contributed by atoms with Gasteiger partial charge >= 0.3 is 12.1 Å². The quantitative estimate of drug-likeness (QED) is 0.783. The van der Waals surface area contributed by atoms with Gasteiger partial charge in [-0.05, 0) is 12.1 Å². The number of nitrogens with one attached hydrogen (secondary N) is 1. The third kappa shape index (κ3) is 1.95. The van der Waals surface area contributed by atoms with Crippen molar-refractivity contribution in [2.75, 3.05) is 7.11 Å². The van der Waals surface area contributed by atoms with Crippen molar-refractivity contribution < 1.29 is 22.7 Å². The largest absolute Gasteiger partial charge is 0.464 e. The average molecular weight is 244 g/mol. The van der Waals surface area contributed by atoms with Gasteiger partial charge in [0, 0.05) is 11.6 Å². The predicted octanol–water partition coefficient (Wildman–Crippen LogP) is 2.37. The monoisotopic (exact) mass is 244 g/mol. The minimum Gasteiger partial charge on any atom is -0.464 e. The summed E-state index contributed by atoms with van der Waals surface area (Å²) in [7, 11) is 1.14. The summed E-state index contributed by atoms with van der Waals surface area (Å²) < 4.78 is 42.4. The standard InChI is InChI=1S/C10H7F3N2O2/c1-17-9(16)7-4-5-6(10(11,12)13)2-3-14-8(5)15-7/h2-4H,1H3,(H,14,15). The van der Waals surface area contributed by atoms with Gasteiger partial charge < -0.3 is 9.72 Å². The lowest BCUT2D eigenvalue weighted by molar-refractivity contribution is -0.136. The molecule has 0 spiro atoms. The number of aromatic nitrogens is 2. The molecule has 0 fully saturated rings. The van der Waals surface area contributed by atoms with Crippen LogP contribution in [0.2, 0.25) is 0 Å². The van der Waals surface area contributed by atoms with E-state index in [9.17, 15) is 18.0 Å². The molecule has 1 N–H and O–H groups in total. The van der Waals surface area contributed by atoms with Gasteiger partial charge in [0.1, 0.15) is 11.3 Å². The number of methoxy groups -OCH3 is 1. The van der Waals surface area contributed by atoms with E-state index < -0.39 is 17.7 Å². The molecule has 2 aromatic rings. The molecule has 0 saturated carbocycles. The summed E-state index contributed by atoms with van der Waals surface area (Å²) in [6.45, 7) is 0. The Hall–Kier alpha value is -2.05. The zero-order valence-corrected chi connectivity index (χ0v) is 8.63. The minimum atomic E-state index is -4.49. The molecule has 2 rings (SSSR count). The molecule has 7 heteroatoms. The number of esters is 1. The van der Waals surface area contributed by atoms with Gasteiger partial charge in [0.2, 0.25) is 0 Å². The number of halogens is 3. The van der Waals surface area contributed by atoms with Crippen LogP contribution < -0.4 is 0 Å². The second-order valence-electron chi connectivity index (χ2n) is 3.29. The zero-order chi connectivity index (χ0) is 12.6. The van der Waals surface area contributed by atoms with E-state index >= 15 is 0 Å². The number of carbonyl (C=O) groups excluding carboxylic acids is 1. The highest BCUT2D eigenvalue weighted by Crippen LogP contribution is 2.34. The van der Waals surface area contributed by atoms with Gasteiger partial charge in [-0.2, -0.15) is 13.2 Å². The Kier molecular flexibility index (Phi) is 2.53. The molecular formula is C10H7F3N2O2. The Morgan fingerprint density at radius 3 is 2.76 bits per heavy atom. The normalized spacial score (nSPS) is 11.8. The van der Waals surface area contributed by atoms with Gasteiger partial charge in [-0.25, -0.2) is 9.78 Å². The molecule has 2 heterocycles. The Bertz CT molecular complexity index is 574. The summed E-state index contributed by atoms with van der Waals surface area (Å²) in [5.41, 5.74) is -0.902. The summed E-state index contributed by atoms with van der Waals surface area (Å²) in [4.78, 5) is 17.4. The molecule has 0 aromatic carbocycles. The number of hydrogen-bond acceptors (Lipinski definition) is 3. The van der Waals surface area contributed by atoms with Gasteiger partial charge in [0.25, 0.3) is 0 Å². The van der Waals surface area contributed by atoms with E-state index in [-0.39, 0.29) is 16.7 Å². The molecule has 90 valence electrons. The number of ether oxygens (including phenoxy) is 1. The molecule has 0 aliphatic rings. The van der Waals surface area contributed by atoms with E-state index in [1.807, 2.05) is 0 Å². The number of pyridine rings is 1. The van der Waals surface area contributed by atoms with Crippen molar-refractivity contribution in [3.8, 4) is 0 Å². The van der Waals surface area contributed by atoms with E-state index in [2.05, 4.69) is 14.7 Å². The SMILES string of the molecule is COC(=O)c1cc2c(C(F)(F)F)ccnc2[nH]1. The van der Waals surface area contributed by atoms with Gasteiger partial charge in [-0.3, -0.25) is 0 Å². The van der Waals surface area contributed by atoms with E-state index in [4.69, 9.17) is 0 Å². The maximum atomic E-state index is 12.7. The third-order valence-corrected chi connectivity index (χ3v) is 2.24. The number of carbonyl (C=O) groups is 1. The Morgan fingerprint density at radius 1 is 1.47 bits per heavy atom. The van der Waals surface area contributed by atoms with Crippen molar-refractivity contribution in [3.63, 3.8) is 0 Å². The molecule has 2 aromatic heterocycles. The molecule has 0 aliphatic heterocycles.